The average molecular weight is 214 g/mol. The van der Waals surface area contributed by atoms with E-state index < -0.39 is 0 Å². The topological polar surface area (TPSA) is 0 Å². The van der Waals surface area contributed by atoms with Crippen LogP contribution in [-0.4, -0.2) is 0 Å². The monoisotopic (exact) mass is 214 g/mol. The summed E-state index contributed by atoms with van der Waals surface area (Å²) in [5, 5.41) is 1.47. The second-order valence-electron chi connectivity index (χ2n) is 4.44. The third kappa shape index (κ3) is 1.34. The van der Waals surface area contributed by atoms with Crippen molar-refractivity contribution in [3.63, 3.8) is 0 Å². The Balaban J connectivity index is 2.34. The van der Waals surface area contributed by atoms with Crippen LogP contribution in [0, 0.1) is 5.92 Å². The first kappa shape index (κ1) is 9.17. The summed E-state index contributed by atoms with van der Waals surface area (Å²) in [4.78, 5) is 1.51. The second-order valence-corrected chi connectivity index (χ2v) is 5.49. The van der Waals surface area contributed by atoms with Crippen molar-refractivity contribution in [2.75, 3.05) is 0 Å². The van der Waals surface area contributed by atoms with E-state index in [4.69, 9.17) is 0 Å². The lowest BCUT2D eigenvalue weighted by atomic mass is 9.90. The van der Waals surface area contributed by atoms with Crippen LogP contribution in [-0.2, 0) is 6.42 Å². The van der Waals surface area contributed by atoms with Gasteiger partial charge in [-0.3, -0.25) is 0 Å². The maximum atomic E-state index is 2.40. The lowest BCUT2D eigenvalue weighted by Crippen LogP contribution is -2.03. The van der Waals surface area contributed by atoms with Crippen molar-refractivity contribution in [1.82, 2.24) is 0 Å². The zero-order chi connectivity index (χ0) is 10.4. The standard InChI is InChI=1S/C14H14S/c1-9-7-10(2)14-12(8-9)11-5-3-4-6-13(11)15-14/h3-7,9H,8H2,1-2H3. The molecule has 0 saturated heterocycles. The van der Waals surface area contributed by atoms with Gasteiger partial charge in [-0.2, -0.15) is 0 Å². The van der Waals surface area contributed by atoms with Crippen LogP contribution in [0.4, 0.5) is 0 Å². The fraction of sp³-hybridized carbons (Fsp3) is 0.286. The average Bonchev–Trinajstić information content (AvgIpc) is 2.57. The Morgan fingerprint density at radius 2 is 2.07 bits per heavy atom. The van der Waals surface area contributed by atoms with E-state index >= 15 is 0 Å². The predicted molar refractivity (Wildman–Crippen MR) is 68.3 cm³/mol. The molecule has 76 valence electrons. The van der Waals surface area contributed by atoms with E-state index in [1.807, 2.05) is 11.3 Å². The first-order valence-corrected chi connectivity index (χ1v) is 6.26. The molecule has 0 amide bonds. The van der Waals surface area contributed by atoms with E-state index in [1.54, 1.807) is 5.56 Å². The third-order valence-corrected chi connectivity index (χ3v) is 4.47. The number of fused-ring (bicyclic) bond motifs is 3. The van der Waals surface area contributed by atoms with Crippen LogP contribution in [0.25, 0.3) is 15.7 Å². The molecule has 0 aliphatic heterocycles. The molecule has 0 bridgehead atoms. The molecule has 1 heteroatoms. The molecule has 1 aliphatic carbocycles. The van der Waals surface area contributed by atoms with Gasteiger partial charge in [0, 0.05) is 9.58 Å². The normalized spacial score (nSPS) is 20.1. The molecule has 2 aromatic rings. The lowest BCUT2D eigenvalue weighted by Gasteiger charge is -2.16. The summed E-state index contributed by atoms with van der Waals surface area (Å²) < 4.78 is 1.43. The first-order chi connectivity index (χ1) is 7.25. The number of hydrogen-bond acceptors (Lipinski definition) is 1. The molecule has 15 heavy (non-hydrogen) atoms. The summed E-state index contributed by atoms with van der Waals surface area (Å²) in [5.74, 6) is 0.690. The van der Waals surface area contributed by atoms with Crippen molar-refractivity contribution < 1.29 is 0 Å². The highest BCUT2D eigenvalue weighted by Crippen LogP contribution is 2.40. The van der Waals surface area contributed by atoms with Crippen molar-refractivity contribution in [3.8, 4) is 0 Å². The minimum atomic E-state index is 0.690. The van der Waals surface area contributed by atoms with Crippen molar-refractivity contribution in [2.24, 2.45) is 5.92 Å². The van der Waals surface area contributed by atoms with Gasteiger partial charge in [0.15, 0.2) is 0 Å². The molecule has 0 N–H and O–H groups in total. The zero-order valence-corrected chi connectivity index (χ0v) is 9.90. The molecule has 3 rings (SSSR count). The fourth-order valence-corrected chi connectivity index (χ4v) is 3.72. The summed E-state index contributed by atoms with van der Waals surface area (Å²) in [6.45, 7) is 4.54. The Kier molecular flexibility index (Phi) is 1.96. The van der Waals surface area contributed by atoms with Crippen molar-refractivity contribution >= 4 is 27.0 Å². The van der Waals surface area contributed by atoms with Gasteiger partial charge in [-0.05, 0) is 41.9 Å². The lowest BCUT2D eigenvalue weighted by molar-refractivity contribution is 0.720. The Morgan fingerprint density at radius 1 is 1.27 bits per heavy atom. The molecule has 0 saturated carbocycles. The van der Waals surface area contributed by atoms with Crippen molar-refractivity contribution in [1.29, 1.82) is 0 Å². The Morgan fingerprint density at radius 3 is 2.93 bits per heavy atom. The summed E-state index contributed by atoms with van der Waals surface area (Å²) in [5.41, 5.74) is 3.04. The molecular weight excluding hydrogens is 200 g/mol. The van der Waals surface area contributed by atoms with Crippen LogP contribution in [0.5, 0.6) is 0 Å². The number of rotatable bonds is 0. The number of thiophene rings is 1. The minimum Gasteiger partial charge on any atom is -0.135 e. The molecule has 0 nitrogen and oxygen atoms in total. The van der Waals surface area contributed by atoms with E-state index in [1.165, 1.54) is 27.0 Å². The van der Waals surface area contributed by atoms with E-state index in [2.05, 4.69) is 44.2 Å². The van der Waals surface area contributed by atoms with Gasteiger partial charge in [0.1, 0.15) is 0 Å². The minimum absolute atomic E-state index is 0.690. The van der Waals surface area contributed by atoms with E-state index in [0.717, 1.165) is 0 Å². The van der Waals surface area contributed by atoms with Gasteiger partial charge in [-0.15, -0.1) is 11.3 Å². The number of allylic oxidation sites excluding steroid dienone is 2. The summed E-state index contributed by atoms with van der Waals surface area (Å²) in [6, 6.07) is 8.77. The molecule has 0 fully saturated rings. The molecule has 0 radical (unpaired) electrons. The molecule has 1 heterocycles. The molecule has 1 atom stereocenters. The van der Waals surface area contributed by atoms with Crippen LogP contribution in [0.1, 0.15) is 24.3 Å². The summed E-state index contributed by atoms with van der Waals surface area (Å²) in [7, 11) is 0. The highest BCUT2D eigenvalue weighted by molar-refractivity contribution is 7.20. The van der Waals surface area contributed by atoms with Crippen LogP contribution < -0.4 is 0 Å². The van der Waals surface area contributed by atoms with Crippen LogP contribution in [0.3, 0.4) is 0 Å². The van der Waals surface area contributed by atoms with Gasteiger partial charge in [0.05, 0.1) is 0 Å². The van der Waals surface area contributed by atoms with E-state index in [-0.39, 0.29) is 0 Å². The number of benzene rings is 1. The molecule has 1 unspecified atom stereocenters. The summed E-state index contributed by atoms with van der Waals surface area (Å²) in [6.07, 6.45) is 3.61. The van der Waals surface area contributed by atoms with Crippen LogP contribution in [0.2, 0.25) is 0 Å². The smallest absolute Gasteiger partial charge is 0.0352 e. The van der Waals surface area contributed by atoms with Gasteiger partial charge in [0.2, 0.25) is 0 Å². The second kappa shape index (κ2) is 3.21. The highest BCUT2D eigenvalue weighted by atomic mass is 32.1. The first-order valence-electron chi connectivity index (χ1n) is 5.45. The van der Waals surface area contributed by atoms with E-state index in [0.29, 0.717) is 5.92 Å². The molecule has 0 spiro atoms. The van der Waals surface area contributed by atoms with Gasteiger partial charge in [-0.25, -0.2) is 0 Å². The fourth-order valence-electron chi connectivity index (χ4n) is 2.50. The van der Waals surface area contributed by atoms with Gasteiger partial charge >= 0.3 is 0 Å². The van der Waals surface area contributed by atoms with Crippen LogP contribution >= 0.6 is 11.3 Å². The van der Waals surface area contributed by atoms with Crippen molar-refractivity contribution in [3.05, 3.63) is 40.8 Å². The molecule has 1 aromatic carbocycles. The van der Waals surface area contributed by atoms with Gasteiger partial charge in [-0.1, -0.05) is 31.2 Å². The molecule has 1 aliphatic rings. The highest BCUT2D eigenvalue weighted by Gasteiger charge is 2.19. The van der Waals surface area contributed by atoms with Crippen molar-refractivity contribution in [2.45, 2.75) is 20.3 Å². The Hall–Kier alpha value is -1.08. The maximum absolute atomic E-state index is 2.40. The number of hydrogen-bond donors (Lipinski definition) is 0. The predicted octanol–water partition coefficient (Wildman–Crippen LogP) is 4.50. The zero-order valence-electron chi connectivity index (χ0n) is 9.08. The van der Waals surface area contributed by atoms with E-state index in [9.17, 15) is 0 Å². The third-order valence-electron chi connectivity index (χ3n) is 3.12. The van der Waals surface area contributed by atoms with Crippen LogP contribution in [0.15, 0.2) is 30.3 Å². The molecule has 1 aromatic heterocycles. The SMILES string of the molecule is CC1=CC(C)Cc2c1sc1ccccc21. The quantitative estimate of drug-likeness (QED) is 0.606. The molecular formula is C14H14S. The Labute approximate surface area is 94.2 Å². The maximum Gasteiger partial charge on any atom is 0.0352 e. The van der Waals surface area contributed by atoms with Gasteiger partial charge < -0.3 is 0 Å². The Bertz CT molecular complexity index is 545. The van der Waals surface area contributed by atoms with Gasteiger partial charge in [0.25, 0.3) is 0 Å². The summed E-state index contributed by atoms with van der Waals surface area (Å²) >= 11 is 1.94. The largest absolute Gasteiger partial charge is 0.135 e.